The van der Waals surface area contributed by atoms with Crippen molar-refractivity contribution in [1.82, 2.24) is 10.2 Å². The summed E-state index contributed by atoms with van der Waals surface area (Å²) in [5.41, 5.74) is -3.13. The molecule has 1 saturated heterocycles. The molecular weight excluding hydrogens is 319 g/mol. The van der Waals surface area contributed by atoms with Crippen molar-refractivity contribution >= 4 is 28.7 Å². The van der Waals surface area contributed by atoms with Crippen molar-refractivity contribution in [1.29, 1.82) is 0 Å². The molecule has 1 aliphatic carbocycles. The fourth-order valence-corrected chi connectivity index (χ4v) is 4.04. The van der Waals surface area contributed by atoms with Gasteiger partial charge in [-0.25, -0.2) is 4.99 Å². The van der Waals surface area contributed by atoms with E-state index < -0.39 is 29.6 Å². The fourth-order valence-electron chi connectivity index (χ4n) is 3.05. The summed E-state index contributed by atoms with van der Waals surface area (Å²) >= 11 is 1.10. The monoisotopic (exact) mass is 335 g/mol. The van der Waals surface area contributed by atoms with Crippen molar-refractivity contribution in [3.63, 3.8) is 0 Å². The second-order valence-electron chi connectivity index (χ2n) is 5.73. The van der Waals surface area contributed by atoms with Gasteiger partial charge in [0.05, 0.1) is 0 Å². The molecule has 122 valence electrons. The number of nitrogens with zero attached hydrogens (tertiary/aromatic N) is 2. The lowest BCUT2D eigenvalue weighted by Gasteiger charge is -2.31. The van der Waals surface area contributed by atoms with E-state index in [9.17, 15) is 22.8 Å². The lowest BCUT2D eigenvalue weighted by molar-refractivity contribution is -0.200. The number of halogens is 3. The Morgan fingerprint density at radius 3 is 2.59 bits per heavy atom. The van der Waals surface area contributed by atoms with Gasteiger partial charge in [-0.15, -0.1) is 0 Å². The van der Waals surface area contributed by atoms with Crippen LogP contribution >= 0.6 is 11.8 Å². The largest absolute Gasteiger partial charge is 0.442 e. The molecule has 0 aromatic rings. The summed E-state index contributed by atoms with van der Waals surface area (Å²) in [7, 11) is 0. The van der Waals surface area contributed by atoms with Crippen molar-refractivity contribution in [2.24, 2.45) is 10.9 Å². The average Bonchev–Trinajstić information content (AvgIpc) is 3.02. The van der Waals surface area contributed by atoms with Gasteiger partial charge in [-0.2, -0.15) is 13.2 Å². The number of fused-ring (bicyclic) bond motifs is 1. The van der Waals surface area contributed by atoms with Crippen LogP contribution in [0.4, 0.5) is 13.2 Å². The Morgan fingerprint density at radius 1 is 1.32 bits per heavy atom. The van der Waals surface area contributed by atoms with Gasteiger partial charge in [0.25, 0.3) is 5.91 Å². The fraction of sp³-hybridized carbons (Fsp3) is 0.769. The first-order chi connectivity index (χ1) is 10.3. The number of rotatable bonds is 2. The highest BCUT2D eigenvalue weighted by molar-refractivity contribution is 8.14. The van der Waals surface area contributed by atoms with E-state index in [1.54, 1.807) is 0 Å². The Labute approximate surface area is 129 Å². The Morgan fingerprint density at radius 2 is 2.00 bits per heavy atom. The molecule has 1 saturated carbocycles. The molecule has 1 atom stereocenters. The molecule has 0 unspecified atom stereocenters. The molecule has 3 aliphatic rings. The van der Waals surface area contributed by atoms with Crippen molar-refractivity contribution in [3.05, 3.63) is 0 Å². The quantitative estimate of drug-likeness (QED) is 0.838. The number of amidine groups is 1. The van der Waals surface area contributed by atoms with Gasteiger partial charge in [0, 0.05) is 18.2 Å². The number of carbonyl (C=O) groups is 2. The summed E-state index contributed by atoms with van der Waals surface area (Å²) < 4.78 is 40.6. The molecule has 0 spiro atoms. The van der Waals surface area contributed by atoms with E-state index in [4.69, 9.17) is 0 Å². The van der Waals surface area contributed by atoms with Crippen molar-refractivity contribution in [3.8, 4) is 0 Å². The van der Waals surface area contributed by atoms with Gasteiger partial charge in [0.15, 0.2) is 5.17 Å². The van der Waals surface area contributed by atoms with Crippen LogP contribution in [-0.4, -0.2) is 46.0 Å². The van der Waals surface area contributed by atoms with Crippen LogP contribution in [0.3, 0.4) is 0 Å². The zero-order valence-electron chi connectivity index (χ0n) is 11.8. The maximum atomic E-state index is 13.5. The second kappa shape index (κ2) is 5.43. The molecule has 2 fully saturated rings. The molecule has 22 heavy (non-hydrogen) atoms. The van der Waals surface area contributed by atoms with E-state index >= 15 is 0 Å². The molecule has 2 heterocycles. The molecular formula is C13H16F3N3O2S. The van der Waals surface area contributed by atoms with E-state index in [2.05, 4.69) is 4.99 Å². The molecule has 5 nitrogen and oxygen atoms in total. The highest BCUT2D eigenvalue weighted by Gasteiger charge is 2.67. The maximum absolute atomic E-state index is 13.5. The molecule has 2 aliphatic heterocycles. The Kier molecular flexibility index (Phi) is 3.86. The first-order valence-corrected chi connectivity index (χ1v) is 8.27. The molecule has 2 amide bonds. The number of thioether (sulfide) groups is 1. The van der Waals surface area contributed by atoms with Gasteiger partial charge in [-0.05, 0) is 12.8 Å². The Hall–Kier alpha value is -1.25. The highest BCUT2D eigenvalue weighted by Crippen LogP contribution is 2.41. The zero-order valence-corrected chi connectivity index (χ0v) is 12.6. The Balaban J connectivity index is 1.87. The van der Waals surface area contributed by atoms with Gasteiger partial charge >= 0.3 is 11.8 Å². The summed E-state index contributed by atoms with van der Waals surface area (Å²) in [6, 6.07) is 0. The van der Waals surface area contributed by atoms with Crippen LogP contribution in [0.15, 0.2) is 4.99 Å². The van der Waals surface area contributed by atoms with E-state index in [1.807, 2.05) is 5.32 Å². The van der Waals surface area contributed by atoms with Crippen LogP contribution in [0.1, 0.15) is 32.1 Å². The predicted octanol–water partition coefficient (Wildman–Crippen LogP) is 1.89. The standard InChI is InChI=1S/C13H16F3N3O2S/c14-13(15,16)12(10(21)19-6-7-22-11(19)18-12)17-9(20)8-4-2-1-3-5-8/h8H,1-7H2,(H,17,20)/t12-/m0/s1. The smallest absolute Gasteiger partial charge is 0.316 e. The molecule has 0 radical (unpaired) electrons. The van der Waals surface area contributed by atoms with Gasteiger partial charge in [-0.1, -0.05) is 31.0 Å². The third kappa shape index (κ3) is 2.39. The van der Waals surface area contributed by atoms with Gasteiger partial charge < -0.3 is 5.32 Å². The molecule has 3 rings (SSSR count). The van der Waals surface area contributed by atoms with Gasteiger partial charge in [0.1, 0.15) is 0 Å². The maximum Gasteiger partial charge on any atom is 0.442 e. The zero-order chi connectivity index (χ0) is 16.0. The van der Waals surface area contributed by atoms with E-state index in [-0.39, 0.29) is 11.7 Å². The minimum absolute atomic E-state index is 0.0475. The molecule has 0 aromatic carbocycles. The average molecular weight is 335 g/mol. The second-order valence-corrected chi connectivity index (χ2v) is 6.79. The number of amides is 2. The number of alkyl halides is 3. The number of hydrogen-bond donors (Lipinski definition) is 1. The number of aliphatic imine (C=N–C) groups is 1. The van der Waals surface area contributed by atoms with Crippen LogP contribution in [0.2, 0.25) is 0 Å². The van der Waals surface area contributed by atoms with Crippen molar-refractivity contribution in [2.45, 2.75) is 43.9 Å². The first kappa shape index (κ1) is 15.6. The molecule has 9 heteroatoms. The number of carbonyl (C=O) groups excluding carboxylic acids is 2. The van der Waals surface area contributed by atoms with Crippen LogP contribution < -0.4 is 5.32 Å². The summed E-state index contributed by atoms with van der Waals surface area (Å²) in [5, 5.41) is 1.97. The van der Waals surface area contributed by atoms with Crippen molar-refractivity contribution in [2.75, 3.05) is 12.3 Å². The van der Waals surface area contributed by atoms with Crippen LogP contribution in [0, 0.1) is 5.92 Å². The summed E-state index contributed by atoms with van der Waals surface area (Å²) in [4.78, 5) is 29.0. The Bertz CT molecular complexity index is 531. The van der Waals surface area contributed by atoms with Crippen LogP contribution in [-0.2, 0) is 9.59 Å². The van der Waals surface area contributed by atoms with Gasteiger partial charge in [0.2, 0.25) is 5.91 Å². The molecule has 0 aromatic heterocycles. The molecule has 1 N–H and O–H groups in total. The topological polar surface area (TPSA) is 61.8 Å². The number of hydrogen-bond acceptors (Lipinski definition) is 4. The summed E-state index contributed by atoms with van der Waals surface area (Å²) in [6.45, 7) is 0.194. The minimum atomic E-state index is -4.95. The summed E-state index contributed by atoms with van der Waals surface area (Å²) in [5.74, 6) is -1.86. The number of nitrogens with one attached hydrogen (secondary N) is 1. The van der Waals surface area contributed by atoms with E-state index in [0.29, 0.717) is 18.6 Å². The first-order valence-electron chi connectivity index (χ1n) is 7.28. The lowest BCUT2D eigenvalue weighted by atomic mass is 9.88. The molecule has 0 bridgehead atoms. The minimum Gasteiger partial charge on any atom is -0.316 e. The van der Waals surface area contributed by atoms with Crippen LogP contribution in [0.25, 0.3) is 0 Å². The van der Waals surface area contributed by atoms with E-state index in [0.717, 1.165) is 35.9 Å². The third-order valence-corrected chi connectivity index (χ3v) is 5.24. The van der Waals surface area contributed by atoms with Gasteiger partial charge in [-0.3, -0.25) is 14.5 Å². The SMILES string of the molecule is O=C(N[C@]1(C(F)(F)F)N=C2SCCN2C1=O)C1CCCCC1. The van der Waals surface area contributed by atoms with Crippen LogP contribution in [0.5, 0.6) is 0 Å². The van der Waals surface area contributed by atoms with Crippen molar-refractivity contribution < 1.29 is 22.8 Å². The summed E-state index contributed by atoms with van der Waals surface area (Å²) in [6.07, 6.45) is -1.21. The van der Waals surface area contributed by atoms with E-state index in [1.165, 1.54) is 0 Å². The predicted molar refractivity (Wildman–Crippen MR) is 75.1 cm³/mol. The third-order valence-electron chi connectivity index (χ3n) is 4.29. The highest BCUT2D eigenvalue weighted by atomic mass is 32.2. The normalized spacial score (nSPS) is 29.5. The lowest BCUT2D eigenvalue weighted by Crippen LogP contribution is -2.64.